The van der Waals surface area contributed by atoms with Crippen molar-refractivity contribution in [1.29, 1.82) is 0 Å². The third-order valence-corrected chi connectivity index (χ3v) is 4.36. The van der Waals surface area contributed by atoms with Crippen LogP contribution in [0.3, 0.4) is 0 Å². The van der Waals surface area contributed by atoms with Crippen LogP contribution in [0.15, 0.2) is 23.2 Å². The summed E-state index contributed by atoms with van der Waals surface area (Å²) in [6, 6.07) is 6.47. The quantitative estimate of drug-likeness (QED) is 0.628. The van der Waals surface area contributed by atoms with Crippen molar-refractivity contribution in [3.05, 3.63) is 34.9 Å². The first-order valence-corrected chi connectivity index (χ1v) is 9.72. The van der Waals surface area contributed by atoms with Gasteiger partial charge in [-0.1, -0.05) is 23.8 Å². The van der Waals surface area contributed by atoms with Crippen LogP contribution in [-0.2, 0) is 9.53 Å². The molecule has 1 unspecified atom stereocenters. The molecule has 1 atom stereocenters. The molecular formula is C21H34N4O2. The van der Waals surface area contributed by atoms with Gasteiger partial charge in [0.05, 0.1) is 13.2 Å². The molecule has 0 saturated carbocycles. The Kier molecular flexibility index (Phi) is 7.25. The minimum absolute atomic E-state index is 0.00612. The third-order valence-electron chi connectivity index (χ3n) is 4.36. The number of benzene rings is 1. The number of nitrogens with zero attached hydrogens (tertiary/aromatic N) is 2. The zero-order valence-electron chi connectivity index (χ0n) is 17.6. The van der Waals surface area contributed by atoms with Gasteiger partial charge in [0, 0.05) is 18.6 Å². The van der Waals surface area contributed by atoms with Crippen molar-refractivity contribution < 1.29 is 9.53 Å². The maximum Gasteiger partial charge on any atom is 0.242 e. The molecule has 0 spiro atoms. The van der Waals surface area contributed by atoms with Gasteiger partial charge >= 0.3 is 0 Å². The zero-order chi connectivity index (χ0) is 20.0. The number of guanidine groups is 1. The van der Waals surface area contributed by atoms with Crippen LogP contribution in [0.2, 0.25) is 0 Å². The van der Waals surface area contributed by atoms with E-state index in [1.807, 2.05) is 27.7 Å². The Hall–Kier alpha value is -2.08. The van der Waals surface area contributed by atoms with Crippen LogP contribution in [0, 0.1) is 13.8 Å². The van der Waals surface area contributed by atoms with Gasteiger partial charge < -0.3 is 20.3 Å². The van der Waals surface area contributed by atoms with Crippen LogP contribution >= 0.6 is 0 Å². The van der Waals surface area contributed by atoms with E-state index in [2.05, 4.69) is 52.6 Å². The van der Waals surface area contributed by atoms with Gasteiger partial charge in [0.2, 0.25) is 5.91 Å². The molecule has 1 aromatic carbocycles. The molecule has 6 heteroatoms. The number of nitrogens with one attached hydrogen (secondary N) is 2. The van der Waals surface area contributed by atoms with Crippen LogP contribution in [0.25, 0.3) is 0 Å². The largest absolute Gasteiger partial charge is 0.370 e. The fourth-order valence-corrected chi connectivity index (χ4v) is 3.25. The second-order valence-electron chi connectivity index (χ2n) is 8.13. The summed E-state index contributed by atoms with van der Waals surface area (Å²) in [5.74, 6) is 0.691. The van der Waals surface area contributed by atoms with Crippen molar-refractivity contribution in [3.8, 4) is 0 Å². The number of aliphatic imine (C=N–C) groups is 1. The average molecular weight is 375 g/mol. The Morgan fingerprint density at radius 3 is 2.70 bits per heavy atom. The molecule has 0 bridgehead atoms. The van der Waals surface area contributed by atoms with Gasteiger partial charge in [0.25, 0.3) is 0 Å². The minimum Gasteiger partial charge on any atom is -0.370 e. The van der Waals surface area contributed by atoms with E-state index in [9.17, 15) is 4.79 Å². The van der Waals surface area contributed by atoms with E-state index in [1.54, 1.807) is 0 Å². The van der Waals surface area contributed by atoms with Crippen molar-refractivity contribution >= 4 is 11.9 Å². The summed E-state index contributed by atoms with van der Waals surface area (Å²) in [6.45, 7) is 15.2. The molecule has 1 fully saturated rings. The number of aryl methyl sites for hydroxylation is 2. The molecule has 0 radical (unpaired) electrons. The van der Waals surface area contributed by atoms with E-state index in [1.165, 1.54) is 16.7 Å². The SMILES string of the molecule is CCNC(=NCC(=O)NC(C)(C)C)N1CCOC(c2ccc(C)cc2C)C1. The first kappa shape index (κ1) is 21.2. The van der Waals surface area contributed by atoms with Gasteiger partial charge in [-0.3, -0.25) is 4.79 Å². The number of carbonyl (C=O) groups excluding carboxylic acids is 1. The molecule has 1 aliphatic rings. The second kappa shape index (κ2) is 9.22. The van der Waals surface area contributed by atoms with Crippen molar-refractivity contribution in [2.75, 3.05) is 32.8 Å². The molecule has 1 saturated heterocycles. The maximum atomic E-state index is 12.1. The van der Waals surface area contributed by atoms with E-state index in [4.69, 9.17) is 4.74 Å². The topological polar surface area (TPSA) is 66.0 Å². The summed E-state index contributed by atoms with van der Waals surface area (Å²) in [5, 5.41) is 6.26. The lowest BCUT2D eigenvalue weighted by Crippen LogP contribution is -2.49. The van der Waals surface area contributed by atoms with Crippen LogP contribution in [0.1, 0.15) is 50.5 Å². The summed E-state index contributed by atoms with van der Waals surface area (Å²) in [5.41, 5.74) is 3.46. The zero-order valence-corrected chi connectivity index (χ0v) is 17.6. The summed E-state index contributed by atoms with van der Waals surface area (Å²) >= 11 is 0. The number of carbonyl (C=O) groups is 1. The van der Waals surface area contributed by atoms with Crippen LogP contribution in [0.5, 0.6) is 0 Å². The monoisotopic (exact) mass is 374 g/mol. The van der Waals surface area contributed by atoms with Gasteiger partial charge in [0.1, 0.15) is 12.6 Å². The molecule has 2 rings (SSSR count). The predicted octanol–water partition coefficient (Wildman–Crippen LogP) is 2.56. The van der Waals surface area contributed by atoms with Gasteiger partial charge in [-0.05, 0) is 52.7 Å². The molecule has 150 valence electrons. The van der Waals surface area contributed by atoms with Gasteiger partial charge in [-0.2, -0.15) is 0 Å². The van der Waals surface area contributed by atoms with Crippen molar-refractivity contribution in [2.24, 2.45) is 4.99 Å². The fourth-order valence-electron chi connectivity index (χ4n) is 3.25. The highest BCUT2D eigenvalue weighted by atomic mass is 16.5. The van der Waals surface area contributed by atoms with E-state index < -0.39 is 0 Å². The van der Waals surface area contributed by atoms with Crippen molar-refractivity contribution in [1.82, 2.24) is 15.5 Å². The molecule has 1 amide bonds. The predicted molar refractivity (Wildman–Crippen MR) is 110 cm³/mol. The summed E-state index contributed by atoms with van der Waals surface area (Å²) < 4.78 is 6.03. The molecular weight excluding hydrogens is 340 g/mol. The van der Waals surface area contributed by atoms with E-state index in [0.29, 0.717) is 6.61 Å². The minimum atomic E-state index is -0.252. The summed E-state index contributed by atoms with van der Waals surface area (Å²) in [7, 11) is 0. The van der Waals surface area contributed by atoms with Gasteiger partial charge in [0.15, 0.2) is 5.96 Å². The van der Waals surface area contributed by atoms with Crippen LogP contribution in [-0.4, -0.2) is 55.1 Å². The first-order valence-electron chi connectivity index (χ1n) is 9.72. The molecule has 1 aliphatic heterocycles. The van der Waals surface area contributed by atoms with E-state index >= 15 is 0 Å². The number of morpholine rings is 1. The molecule has 1 heterocycles. The fraction of sp³-hybridized carbons (Fsp3) is 0.619. The average Bonchev–Trinajstić information content (AvgIpc) is 2.57. The highest BCUT2D eigenvalue weighted by molar-refractivity contribution is 5.85. The lowest BCUT2D eigenvalue weighted by atomic mass is 10.00. The number of hydrogen-bond acceptors (Lipinski definition) is 3. The lowest BCUT2D eigenvalue weighted by molar-refractivity contribution is -0.121. The normalized spacial score (nSPS) is 18.4. The smallest absolute Gasteiger partial charge is 0.242 e. The number of hydrogen-bond donors (Lipinski definition) is 2. The highest BCUT2D eigenvalue weighted by Crippen LogP contribution is 2.25. The Morgan fingerprint density at radius 2 is 2.07 bits per heavy atom. The molecule has 0 aliphatic carbocycles. The summed E-state index contributed by atoms with van der Waals surface area (Å²) in [6.07, 6.45) is 0.00612. The molecule has 6 nitrogen and oxygen atoms in total. The number of ether oxygens (including phenoxy) is 1. The van der Waals surface area contributed by atoms with Crippen LogP contribution < -0.4 is 10.6 Å². The van der Waals surface area contributed by atoms with Crippen LogP contribution in [0.4, 0.5) is 0 Å². The van der Waals surface area contributed by atoms with Crippen molar-refractivity contribution in [2.45, 2.75) is 53.2 Å². The number of amides is 1. The highest BCUT2D eigenvalue weighted by Gasteiger charge is 2.25. The van der Waals surface area contributed by atoms with Gasteiger partial charge in [-0.25, -0.2) is 4.99 Å². The third kappa shape index (κ3) is 6.54. The Bertz CT molecular complexity index is 679. The van der Waals surface area contributed by atoms with E-state index in [0.717, 1.165) is 25.6 Å². The molecule has 1 aromatic rings. The summed E-state index contributed by atoms with van der Waals surface area (Å²) in [4.78, 5) is 18.9. The molecule has 0 aromatic heterocycles. The Balaban J connectivity index is 2.09. The molecule has 27 heavy (non-hydrogen) atoms. The second-order valence-corrected chi connectivity index (χ2v) is 8.13. The number of rotatable bonds is 4. The standard InChI is InChI=1S/C21H34N4O2/c1-7-22-20(23-13-19(26)24-21(4,5)6)25-10-11-27-18(14-25)17-9-8-15(2)12-16(17)3/h8-9,12,18H,7,10-11,13-14H2,1-6H3,(H,22,23)(H,24,26). The Morgan fingerprint density at radius 1 is 1.33 bits per heavy atom. The first-order chi connectivity index (χ1) is 12.7. The maximum absolute atomic E-state index is 12.1. The van der Waals surface area contributed by atoms with Crippen molar-refractivity contribution in [3.63, 3.8) is 0 Å². The van der Waals surface area contributed by atoms with E-state index in [-0.39, 0.29) is 24.1 Å². The lowest BCUT2D eigenvalue weighted by Gasteiger charge is -2.36. The Labute approximate surface area is 163 Å². The van der Waals surface area contributed by atoms with Gasteiger partial charge in [-0.15, -0.1) is 0 Å². The molecule has 2 N–H and O–H groups in total.